The number of hydrogen-bond acceptors (Lipinski definition) is 6. The topological polar surface area (TPSA) is 69.3 Å². The maximum absolute atomic E-state index is 13.1. The van der Waals surface area contributed by atoms with Gasteiger partial charge in [-0.3, -0.25) is 9.69 Å². The van der Waals surface area contributed by atoms with E-state index in [2.05, 4.69) is 24.1 Å². The van der Waals surface area contributed by atoms with Crippen LogP contribution in [0, 0.1) is 5.92 Å². The lowest BCUT2D eigenvalue weighted by atomic mass is 9.95. The largest absolute Gasteiger partial charge is 0.497 e. The van der Waals surface area contributed by atoms with Crippen LogP contribution in [-0.4, -0.2) is 51.3 Å². The lowest BCUT2D eigenvalue weighted by Crippen LogP contribution is -2.40. The molecular formula is C26H34N2O5. The van der Waals surface area contributed by atoms with E-state index in [1.54, 1.807) is 14.2 Å². The average Bonchev–Trinajstić information content (AvgIpc) is 3.29. The molecule has 1 N–H and O–H groups in total. The standard InChI is InChI=1S/C26H34N2O5/c1-17(2)26(18-7-10-22-24(14-18)33-13-12-32-22)27-25(29)16-28-11-5-6-21(28)20-9-8-19(30-3)15-23(20)31-4/h7-10,14-15,17,21,26H,5-6,11-13,16H2,1-4H3,(H,27,29). The van der Waals surface area contributed by atoms with Crippen molar-refractivity contribution >= 4 is 5.91 Å². The number of carbonyl (C=O) groups excluding carboxylic acids is 1. The summed E-state index contributed by atoms with van der Waals surface area (Å²) in [7, 11) is 3.32. The molecular weight excluding hydrogens is 420 g/mol. The molecule has 2 heterocycles. The zero-order chi connectivity index (χ0) is 23.4. The first-order valence-electron chi connectivity index (χ1n) is 11.6. The highest BCUT2D eigenvalue weighted by molar-refractivity contribution is 5.78. The van der Waals surface area contributed by atoms with Crippen LogP contribution in [0.5, 0.6) is 23.0 Å². The highest BCUT2D eigenvalue weighted by Gasteiger charge is 2.31. The van der Waals surface area contributed by atoms with Crippen LogP contribution in [0.2, 0.25) is 0 Å². The molecule has 2 aliphatic heterocycles. The van der Waals surface area contributed by atoms with E-state index in [0.717, 1.165) is 53.5 Å². The molecule has 0 aliphatic carbocycles. The van der Waals surface area contributed by atoms with Gasteiger partial charge in [-0.15, -0.1) is 0 Å². The van der Waals surface area contributed by atoms with Gasteiger partial charge >= 0.3 is 0 Å². The number of ether oxygens (including phenoxy) is 4. The van der Waals surface area contributed by atoms with Crippen molar-refractivity contribution in [3.05, 3.63) is 47.5 Å². The molecule has 0 bridgehead atoms. The van der Waals surface area contributed by atoms with Gasteiger partial charge < -0.3 is 24.3 Å². The Hall–Kier alpha value is -2.93. The number of likely N-dealkylation sites (tertiary alicyclic amines) is 1. The fourth-order valence-corrected chi connectivity index (χ4v) is 4.75. The van der Waals surface area contributed by atoms with Crippen molar-refractivity contribution in [2.45, 2.75) is 38.8 Å². The highest BCUT2D eigenvalue weighted by atomic mass is 16.6. The predicted molar refractivity (Wildman–Crippen MR) is 126 cm³/mol. The van der Waals surface area contributed by atoms with Crippen LogP contribution >= 0.6 is 0 Å². The summed E-state index contributed by atoms with van der Waals surface area (Å²) in [6.45, 7) is 6.55. The van der Waals surface area contributed by atoms with E-state index in [0.29, 0.717) is 19.8 Å². The monoisotopic (exact) mass is 454 g/mol. The highest BCUT2D eigenvalue weighted by Crippen LogP contribution is 2.39. The Kier molecular flexibility index (Phi) is 7.28. The number of rotatable bonds is 8. The van der Waals surface area contributed by atoms with Gasteiger partial charge in [0.05, 0.1) is 26.8 Å². The molecule has 2 aromatic carbocycles. The van der Waals surface area contributed by atoms with Crippen molar-refractivity contribution < 1.29 is 23.7 Å². The Balaban J connectivity index is 1.46. The zero-order valence-corrected chi connectivity index (χ0v) is 19.9. The first-order valence-corrected chi connectivity index (χ1v) is 11.6. The Labute approximate surface area is 196 Å². The molecule has 7 nitrogen and oxygen atoms in total. The van der Waals surface area contributed by atoms with Gasteiger partial charge in [-0.1, -0.05) is 26.0 Å². The minimum Gasteiger partial charge on any atom is -0.497 e. The van der Waals surface area contributed by atoms with E-state index in [1.165, 1.54) is 0 Å². The van der Waals surface area contributed by atoms with Crippen molar-refractivity contribution in [1.82, 2.24) is 10.2 Å². The summed E-state index contributed by atoms with van der Waals surface area (Å²) < 4.78 is 22.3. The summed E-state index contributed by atoms with van der Waals surface area (Å²) >= 11 is 0. The van der Waals surface area contributed by atoms with E-state index >= 15 is 0 Å². The zero-order valence-electron chi connectivity index (χ0n) is 19.9. The van der Waals surface area contributed by atoms with E-state index < -0.39 is 0 Å². The molecule has 1 amide bonds. The minimum atomic E-state index is -0.107. The van der Waals surface area contributed by atoms with Gasteiger partial charge in [-0.05, 0) is 49.1 Å². The molecule has 0 spiro atoms. The maximum atomic E-state index is 13.1. The van der Waals surface area contributed by atoms with Gasteiger partial charge in [0, 0.05) is 17.7 Å². The van der Waals surface area contributed by atoms with Gasteiger partial charge in [0.15, 0.2) is 11.5 Å². The maximum Gasteiger partial charge on any atom is 0.234 e. The second kappa shape index (κ2) is 10.3. The molecule has 1 fully saturated rings. The van der Waals surface area contributed by atoms with E-state index in [4.69, 9.17) is 18.9 Å². The van der Waals surface area contributed by atoms with Crippen LogP contribution in [0.1, 0.15) is 49.9 Å². The third-order valence-electron chi connectivity index (χ3n) is 6.42. The first kappa shape index (κ1) is 23.2. The van der Waals surface area contributed by atoms with Crippen LogP contribution in [-0.2, 0) is 4.79 Å². The molecule has 2 unspecified atom stereocenters. The molecule has 4 rings (SSSR count). The molecule has 178 valence electrons. The van der Waals surface area contributed by atoms with Crippen molar-refractivity contribution in [1.29, 1.82) is 0 Å². The molecule has 33 heavy (non-hydrogen) atoms. The quantitative estimate of drug-likeness (QED) is 0.647. The number of carbonyl (C=O) groups is 1. The van der Waals surface area contributed by atoms with Crippen LogP contribution in [0.3, 0.4) is 0 Å². The van der Waals surface area contributed by atoms with Gasteiger partial charge in [0.25, 0.3) is 0 Å². The van der Waals surface area contributed by atoms with Crippen molar-refractivity contribution in [2.75, 3.05) is 40.5 Å². The SMILES string of the molecule is COc1ccc(C2CCCN2CC(=O)NC(c2ccc3c(c2)OCCO3)C(C)C)c(OC)c1. The van der Waals surface area contributed by atoms with Gasteiger partial charge in [0.2, 0.25) is 5.91 Å². The number of amides is 1. The summed E-state index contributed by atoms with van der Waals surface area (Å²) in [5.74, 6) is 3.30. The summed E-state index contributed by atoms with van der Waals surface area (Å²) in [4.78, 5) is 15.4. The minimum absolute atomic E-state index is 0.0166. The third kappa shape index (κ3) is 5.19. The Bertz CT molecular complexity index is 977. The second-order valence-electron chi connectivity index (χ2n) is 8.93. The fraction of sp³-hybridized carbons (Fsp3) is 0.500. The fourth-order valence-electron chi connectivity index (χ4n) is 4.75. The number of nitrogens with one attached hydrogen (secondary N) is 1. The van der Waals surface area contributed by atoms with E-state index in [1.807, 2.05) is 36.4 Å². The lowest BCUT2D eigenvalue weighted by Gasteiger charge is -2.29. The summed E-state index contributed by atoms with van der Waals surface area (Å²) in [5, 5.41) is 3.26. The van der Waals surface area contributed by atoms with E-state index in [9.17, 15) is 4.79 Å². The molecule has 2 atom stereocenters. The Morgan fingerprint density at radius 3 is 2.61 bits per heavy atom. The smallest absolute Gasteiger partial charge is 0.234 e. The van der Waals surface area contributed by atoms with Crippen molar-refractivity contribution in [3.8, 4) is 23.0 Å². The van der Waals surface area contributed by atoms with Gasteiger partial charge in [0.1, 0.15) is 24.7 Å². The van der Waals surface area contributed by atoms with Crippen molar-refractivity contribution in [3.63, 3.8) is 0 Å². The molecule has 0 aromatic heterocycles. The van der Waals surface area contributed by atoms with Crippen LogP contribution < -0.4 is 24.3 Å². The Morgan fingerprint density at radius 2 is 1.88 bits per heavy atom. The Morgan fingerprint density at radius 1 is 1.09 bits per heavy atom. The van der Waals surface area contributed by atoms with Crippen LogP contribution in [0.15, 0.2) is 36.4 Å². The summed E-state index contributed by atoms with van der Waals surface area (Å²) in [6, 6.07) is 11.9. The summed E-state index contributed by atoms with van der Waals surface area (Å²) in [5.41, 5.74) is 2.12. The van der Waals surface area contributed by atoms with Gasteiger partial charge in [-0.2, -0.15) is 0 Å². The first-order chi connectivity index (χ1) is 16.0. The van der Waals surface area contributed by atoms with Gasteiger partial charge in [-0.25, -0.2) is 0 Å². The molecule has 1 saturated heterocycles. The molecule has 2 aromatic rings. The third-order valence-corrected chi connectivity index (χ3v) is 6.42. The molecule has 0 saturated carbocycles. The molecule has 2 aliphatic rings. The second-order valence-corrected chi connectivity index (χ2v) is 8.93. The predicted octanol–water partition coefficient (Wildman–Crippen LogP) is 4.13. The molecule has 7 heteroatoms. The molecule has 0 radical (unpaired) electrons. The number of fused-ring (bicyclic) bond motifs is 1. The van der Waals surface area contributed by atoms with Crippen LogP contribution in [0.25, 0.3) is 0 Å². The van der Waals surface area contributed by atoms with Crippen molar-refractivity contribution in [2.24, 2.45) is 5.92 Å². The van der Waals surface area contributed by atoms with E-state index in [-0.39, 0.29) is 23.9 Å². The normalized spacial score (nSPS) is 18.8. The lowest BCUT2D eigenvalue weighted by molar-refractivity contribution is -0.123. The average molecular weight is 455 g/mol. The van der Waals surface area contributed by atoms with Crippen LogP contribution in [0.4, 0.5) is 0 Å². The number of nitrogens with zero attached hydrogens (tertiary/aromatic N) is 1. The number of benzene rings is 2. The number of hydrogen-bond donors (Lipinski definition) is 1. The summed E-state index contributed by atoms with van der Waals surface area (Å²) in [6.07, 6.45) is 2.04. The number of methoxy groups -OCH3 is 2.